The van der Waals surface area contributed by atoms with Gasteiger partial charge < -0.3 is 25.0 Å². The van der Waals surface area contributed by atoms with Gasteiger partial charge in [-0.3, -0.25) is 14.5 Å². The molecule has 2 aliphatic heterocycles. The van der Waals surface area contributed by atoms with E-state index in [2.05, 4.69) is 26.2 Å². The number of amides is 1. The molecule has 3 heterocycles. The topological polar surface area (TPSA) is 97.9 Å². The van der Waals surface area contributed by atoms with Crippen LogP contribution in [0.1, 0.15) is 34.1 Å². The summed E-state index contributed by atoms with van der Waals surface area (Å²) in [7, 11) is 0. The van der Waals surface area contributed by atoms with Gasteiger partial charge in [0.2, 0.25) is 5.82 Å². The van der Waals surface area contributed by atoms with Crippen molar-refractivity contribution in [2.75, 3.05) is 44.3 Å². The Morgan fingerprint density at radius 3 is 2.62 bits per heavy atom. The Balaban J connectivity index is 1.45. The van der Waals surface area contributed by atoms with Crippen LogP contribution >= 0.6 is 15.9 Å². The second-order valence-corrected chi connectivity index (χ2v) is 10.4. The van der Waals surface area contributed by atoms with E-state index in [1.54, 1.807) is 17.0 Å². The number of alkyl halides is 3. The summed E-state index contributed by atoms with van der Waals surface area (Å²) >= 11 is 3.15. The fourth-order valence-electron chi connectivity index (χ4n) is 5.18. The molecule has 2 aliphatic rings. The van der Waals surface area contributed by atoms with Crippen LogP contribution in [0.4, 0.5) is 23.2 Å². The number of anilines is 1. The third-order valence-corrected chi connectivity index (χ3v) is 7.47. The number of aliphatic hydroxyl groups is 1. The van der Waals surface area contributed by atoms with Crippen molar-refractivity contribution in [3.05, 3.63) is 73.7 Å². The van der Waals surface area contributed by atoms with E-state index in [0.717, 1.165) is 6.07 Å². The Morgan fingerprint density at radius 2 is 1.90 bits per heavy atom. The largest absolute Gasteiger partial charge is 0.418 e. The zero-order valence-corrected chi connectivity index (χ0v) is 22.1. The van der Waals surface area contributed by atoms with E-state index >= 15 is 0 Å². The molecule has 0 bridgehead atoms. The van der Waals surface area contributed by atoms with Crippen LogP contribution in [0.3, 0.4) is 0 Å². The number of hydrogen-bond donors (Lipinski definition) is 3. The van der Waals surface area contributed by atoms with Gasteiger partial charge in [0.15, 0.2) is 0 Å². The Hall–Kier alpha value is -3.00. The van der Waals surface area contributed by atoms with Gasteiger partial charge in [-0.25, -0.2) is 0 Å². The molecule has 3 N–H and O–H groups in total. The lowest BCUT2D eigenvalue weighted by atomic mass is 10.0. The Morgan fingerprint density at radius 1 is 1.18 bits per heavy atom. The second kappa shape index (κ2) is 10.9. The highest BCUT2D eigenvalue weighted by Gasteiger charge is 2.40. The number of aliphatic hydroxyl groups excluding tert-OH is 1. The number of ether oxygens (including phenoxy) is 1. The molecule has 2 atom stereocenters. The lowest BCUT2D eigenvalue weighted by Crippen LogP contribution is -2.40. The molecule has 2 aromatic carbocycles. The minimum Gasteiger partial charge on any atom is -0.379 e. The van der Waals surface area contributed by atoms with Crippen LogP contribution in [0.2, 0.25) is 0 Å². The van der Waals surface area contributed by atoms with E-state index in [4.69, 9.17) is 4.74 Å². The summed E-state index contributed by atoms with van der Waals surface area (Å²) in [5, 5.41) is 14.0. The quantitative estimate of drug-likeness (QED) is 0.380. The number of aromatic amines is 1. The van der Waals surface area contributed by atoms with Gasteiger partial charge in [-0.2, -0.15) is 17.6 Å². The summed E-state index contributed by atoms with van der Waals surface area (Å²) < 4.78 is 62.9. The molecule has 8 nitrogen and oxygen atoms in total. The molecule has 0 spiro atoms. The van der Waals surface area contributed by atoms with Crippen LogP contribution in [0, 0.1) is 5.82 Å². The predicted molar refractivity (Wildman–Crippen MR) is 139 cm³/mol. The maximum Gasteiger partial charge on any atom is 0.418 e. The smallest absolute Gasteiger partial charge is 0.379 e. The minimum atomic E-state index is -4.72. The van der Waals surface area contributed by atoms with E-state index in [1.165, 1.54) is 23.1 Å². The van der Waals surface area contributed by atoms with Crippen molar-refractivity contribution in [1.29, 1.82) is 0 Å². The standard InChI is InChI=1S/C26H25BrF4N4O4/c27-14-11-17(25(38)34-7-9-39-10-8-34)22(18(12-14)26(29,30)31)35-6-5-15(13-35)32-23(36)20-16-3-1-2-4-19(16)33-24(37)21(20)28/h1-4,11-12,15,25,38H,5-10,13H2,(H,32,36)(H,33,37)/t15-,25?/m1/s1. The number of halogens is 5. The highest BCUT2D eigenvalue weighted by Crippen LogP contribution is 2.44. The number of benzene rings is 2. The highest BCUT2D eigenvalue weighted by molar-refractivity contribution is 9.10. The van der Waals surface area contributed by atoms with E-state index in [9.17, 15) is 32.3 Å². The first-order valence-corrected chi connectivity index (χ1v) is 13.1. The molecule has 3 aromatic rings. The number of para-hydroxylation sites is 1. The Bertz CT molecular complexity index is 1460. The zero-order valence-electron chi connectivity index (χ0n) is 20.5. The first kappa shape index (κ1) is 27.6. The summed E-state index contributed by atoms with van der Waals surface area (Å²) in [6, 6.07) is 8.07. The fraction of sp³-hybridized carbons (Fsp3) is 0.385. The fourth-order valence-corrected chi connectivity index (χ4v) is 5.66. The van der Waals surface area contributed by atoms with Crippen molar-refractivity contribution in [2.45, 2.75) is 24.9 Å². The van der Waals surface area contributed by atoms with Gasteiger partial charge in [-0.15, -0.1) is 0 Å². The molecule has 1 aromatic heterocycles. The van der Waals surface area contributed by atoms with Gasteiger partial charge in [-0.1, -0.05) is 34.1 Å². The number of pyridine rings is 1. The number of carbonyl (C=O) groups is 1. The van der Waals surface area contributed by atoms with Crippen LogP contribution in [0.5, 0.6) is 0 Å². The summed E-state index contributed by atoms with van der Waals surface area (Å²) in [5.74, 6) is -2.06. The van der Waals surface area contributed by atoms with Crippen LogP contribution < -0.4 is 15.8 Å². The molecule has 0 saturated carbocycles. The molecule has 1 amide bonds. The molecular weight excluding hydrogens is 588 g/mol. The van der Waals surface area contributed by atoms with Crippen molar-refractivity contribution < 1.29 is 32.2 Å². The molecule has 208 valence electrons. The van der Waals surface area contributed by atoms with Crippen LogP contribution in [-0.2, 0) is 10.9 Å². The van der Waals surface area contributed by atoms with Crippen molar-refractivity contribution >= 4 is 38.4 Å². The average Bonchev–Trinajstić information content (AvgIpc) is 3.36. The first-order chi connectivity index (χ1) is 18.5. The van der Waals surface area contributed by atoms with Crippen LogP contribution in [-0.4, -0.2) is 66.3 Å². The number of aromatic nitrogens is 1. The number of nitrogens with zero attached hydrogens (tertiary/aromatic N) is 2. The lowest BCUT2D eigenvalue weighted by Gasteiger charge is -2.35. The van der Waals surface area contributed by atoms with Crippen molar-refractivity contribution in [3.63, 3.8) is 0 Å². The molecule has 13 heteroatoms. The van der Waals surface area contributed by atoms with Crippen LogP contribution in [0.15, 0.2) is 45.7 Å². The summed E-state index contributed by atoms with van der Waals surface area (Å²) in [6.07, 6.45) is -5.75. The highest BCUT2D eigenvalue weighted by atomic mass is 79.9. The van der Waals surface area contributed by atoms with E-state index < -0.39 is 46.9 Å². The molecule has 5 rings (SSSR count). The van der Waals surface area contributed by atoms with Gasteiger partial charge in [0.1, 0.15) is 6.23 Å². The maximum atomic E-state index is 14.8. The molecule has 0 radical (unpaired) electrons. The summed E-state index contributed by atoms with van der Waals surface area (Å²) in [4.78, 5) is 30.7. The SMILES string of the molecule is O=C(N[C@@H]1CCN(c2c(C(O)N3CCOCC3)cc(Br)cc2C(F)(F)F)C1)c1c(F)c(=O)[nH]c2ccccc12. The van der Waals surface area contributed by atoms with Crippen LogP contribution in [0.25, 0.3) is 10.9 Å². The molecule has 2 saturated heterocycles. The normalized spacial score (nSPS) is 19.4. The van der Waals surface area contributed by atoms with E-state index in [-0.39, 0.29) is 46.1 Å². The van der Waals surface area contributed by atoms with Crippen molar-refractivity contribution in [3.8, 4) is 0 Å². The third kappa shape index (κ3) is 5.53. The van der Waals surface area contributed by atoms with Gasteiger partial charge >= 0.3 is 6.18 Å². The number of carbonyl (C=O) groups excluding carboxylic acids is 1. The number of fused-ring (bicyclic) bond motifs is 1. The zero-order chi connectivity index (χ0) is 27.9. The minimum absolute atomic E-state index is 0.0119. The van der Waals surface area contributed by atoms with Gasteiger partial charge in [0.05, 0.1) is 30.0 Å². The molecule has 1 unspecified atom stereocenters. The van der Waals surface area contributed by atoms with Gasteiger partial charge in [-0.05, 0) is 24.6 Å². The second-order valence-electron chi connectivity index (χ2n) is 9.50. The van der Waals surface area contributed by atoms with Gasteiger partial charge in [0.25, 0.3) is 11.5 Å². The monoisotopic (exact) mass is 612 g/mol. The first-order valence-electron chi connectivity index (χ1n) is 12.3. The third-order valence-electron chi connectivity index (χ3n) is 7.01. The number of hydrogen-bond acceptors (Lipinski definition) is 6. The van der Waals surface area contributed by atoms with Crippen molar-refractivity contribution in [2.24, 2.45) is 0 Å². The Kier molecular flexibility index (Phi) is 7.68. The number of rotatable bonds is 5. The van der Waals surface area contributed by atoms with Gasteiger partial charge in [0, 0.05) is 53.2 Å². The lowest BCUT2D eigenvalue weighted by molar-refractivity contribution is -0.137. The summed E-state index contributed by atoms with van der Waals surface area (Å²) in [5.41, 5.74) is -2.19. The molecule has 2 fully saturated rings. The predicted octanol–water partition coefficient (Wildman–Crippen LogP) is 3.78. The number of morpholine rings is 1. The van der Waals surface area contributed by atoms with E-state index in [1.807, 2.05) is 0 Å². The average molecular weight is 613 g/mol. The molecular formula is C26H25BrF4N4O4. The number of nitrogens with one attached hydrogen (secondary N) is 2. The van der Waals surface area contributed by atoms with Crippen molar-refractivity contribution in [1.82, 2.24) is 15.2 Å². The molecule has 39 heavy (non-hydrogen) atoms. The maximum absolute atomic E-state index is 14.8. The number of H-pyrrole nitrogens is 1. The van der Waals surface area contributed by atoms with E-state index in [0.29, 0.717) is 26.3 Å². The summed E-state index contributed by atoms with van der Waals surface area (Å²) in [6.45, 7) is 1.53. The molecule has 0 aliphatic carbocycles. The Labute approximate surface area is 228 Å².